The molecule has 2 aromatic carbocycles. The van der Waals surface area contributed by atoms with Crippen LogP contribution in [-0.4, -0.2) is 72.3 Å². The highest BCUT2D eigenvalue weighted by Gasteiger charge is 2.36. The van der Waals surface area contributed by atoms with Crippen LogP contribution >= 0.6 is 0 Å². The van der Waals surface area contributed by atoms with Crippen LogP contribution in [0, 0.1) is 6.92 Å². The van der Waals surface area contributed by atoms with E-state index in [1.807, 2.05) is 13.8 Å². The molecular formula is C24H30N2O7S. The van der Waals surface area contributed by atoms with Crippen molar-refractivity contribution in [3.05, 3.63) is 41.0 Å². The molecule has 0 bridgehead atoms. The third-order valence-electron chi connectivity index (χ3n) is 6.29. The van der Waals surface area contributed by atoms with Crippen molar-refractivity contribution in [3.63, 3.8) is 0 Å². The first kappa shape index (κ1) is 24.3. The van der Waals surface area contributed by atoms with Crippen molar-refractivity contribution >= 4 is 21.6 Å². The molecule has 2 aromatic rings. The minimum atomic E-state index is -3.64. The Morgan fingerprint density at radius 1 is 1.00 bits per heavy atom. The Morgan fingerprint density at radius 3 is 2.18 bits per heavy atom. The predicted molar refractivity (Wildman–Crippen MR) is 127 cm³/mol. The molecule has 4 rings (SSSR count). The van der Waals surface area contributed by atoms with Gasteiger partial charge in [-0.1, -0.05) is 0 Å². The van der Waals surface area contributed by atoms with Gasteiger partial charge in [-0.15, -0.1) is 0 Å². The Hall–Kier alpha value is -2.82. The second kappa shape index (κ2) is 9.44. The van der Waals surface area contributed by atoms with Crippen LogP contribution < -0.4 is 19.1 Å². The molecule has 2 aliphatic heterocycles. The Bertz CT molecular complexity index is 1180. The van der Waals surface area contributed by atoms with E-state index in [0.29, 0.717) is 55.5 Å². The number of rotatable bonds is 6. The summed E-state index contributed by atoms with van der Waals surface area (Å²) >= 11 is 0. The largest absolute Gasteiger partial charge is 0.493 e. The second-order valence-corrected chi connectivity index (χ2v) is 10.3. The molecule has 1 amide bonds. The molecule has 9 nitrogen and oxygen atoms in total. The number of hydrogen-bond acceptors (Lipinski definition) is 7. The van der Waals surface area contributed by atoms with Crippen LogP contribution in [-0.2, 0) is 21.2 Å². The van der Waals surface area contributed by atoms with Gasteiger partial charge in [0, 0.05) is 24.7 Å². The molecule has 10 heteroatoms. The van der Waals surface area contributed by atoms with E-state index in [1.54, 1.807) is 29.2 Å². The highest BCUT2D eigenvalue weighted by atomic mass is 32.2. The number of sulfonamides is 1. The number of morpholine rings is 1. The average molecular weight is 491 g/mol. The molecule has 2 heterocycles. The van der Waals surface area contributed by atoms with Crippen molar-refractivity contribution < 1.29 is 32.2 Å². The second-order valence-electron chi connectivity index (χ2n) is 8.41. The smallest absolute Gasteiger partial charge is 0.258 e. The zero-order valence-electron chi connectivity index (χ0n) is 20.1. The normalized spacial score (nSPS) is 18.5. The third kappa shape index (κ3) is 4.10. The fourth-order valence-electron chi connectivity index (χ4n) is 4.68. The molecule has 1 unspecified atom stereocenters. The number of anilines is 1. The minimum Gasteiger partial charge on any atom is -0.493 e. The van der Waals surface area contributed by atoms with Crippen molar-refractivity contribution in [1.29, 1.82) is 0 Å². The van der Waals surface area contributed by atoms with Gasteiger partial charge in [0.15, 0.2) is 11.5 Å². The van der Waals surface area contributed by atoms with Crippen molar-refractivity contribution in [3.8, 4) is 17.2 Å². The van der Waals surface area contributed by atoms with Gasteiger partial charge in [-0.3, -0.25) is 4.79 Å². The number of ether oxygens (including phenoxy) is 4. The van der Waals surface area contributed by atoms with Gasteiger partial charge < -0.3 is 23.8 Å². The predicted octanol–water partition coefficient (Wildman–Crippen LogP) is 2.63. The molecule has 0 aromatic heterocycles. The monoisotopic (exact) mass is 490 g/mol. The number of fused-ring (bicyclic) bond motifs is 1. The first-order valence-corrected chi connectivity index (χ1v) is 12.5. The lowest BCUT2D eigenvalue weighted by atomic mass is 10.1. The molecular weight excluding hydrogens is 460 g/mol. The molecule has 0 radical (unpaired) electrons. The van der Waals surface area contributed by atoms with Crippen LogP contribution in [0.4, 0.5) is 5.69 Å². The molecule has 0 saturated carbocycles. The van der Waals surface area contributed by atoms with Crippen molar-refractivity contribution in [2.24, 2.45) is 0 Å². The average Bonchev–Trinajstić information content (AvgIpc) is 3.19. The van der Waals surface area contributed by atoms with Crippen LogP contribution in [0.3, 0.4) is 0 Å². The van der Waals surface area contributed by atoms with E-state index in [2.05, 4.69) is 0 Å². The summed E-state index contributed by atoms with van der Waals surface area (Å²) in [4.78, 5) is 15.6. The van der Waals surface area contributed by atoms with Gasteiger partial charge >= 0.3 is 0 Å². The summed E-state index contributed by atoms with van der Waals surface area (Å²) in [6, 6.07) is 6.45. The van der Waals surface area contributed by atoms with Crippen LogP contribution in [0.2, 0.25) is 0 Å². The lowest BCUT2D eigenvalue weighted by Crippen LogP contribution is -2.40. The van der Waals surface area contributed by atoms with Crippen LogP contribution in [0.15, 0.2) is 29.2 Å². The first-order valence-electron chi connectivity index (χ1n) is 11.1. The summed E-state index contributed by atoms with van der Waals surface area (Å²) in [6.45, 7) is 5.23. The van der Waals surface area contributed by atoms with Crippen molar-refractivity contribution in [1.82, 2.24) is 4.31 Å². The topological polar surface area (TPSA) is 94.6 Å². The molecule has 2 aliphatic rings. The fraction of sp³-hybridized carbons (Fsp3) is 0.458. The van der Waals surface area contributed by atoms with Crippen LogP contribution in [0.25, 0.3) is 0 Å². The van der Waals surface area contributed by atoms with Gasteiger partial charge in [0.1, 0.15) is 0 Å². The molecule has 0 aliphatic carbocycles. The Kier molecular flexibility index (Phi) is 6.75. The Labute approximate surface area is 200 Å². The Balaban J connectivity index is 1.73. The van der Waals surface area contributed by atoms with Crippen LogP contribution in [0.1, 0.15) is 28.4 Å². The fourth-order valence-corrected chi connectivity index (χ4v) is 6.22. The molecule has 1 atom stereocenters. The number of aryl methyl sites for hydroxylation is 1. The lowest BCUT2D eigenvalue weighted by Gasteiger charge is -2.27. The van der Waals surface area contributed by atoms with Gasteiger partial charge in [-0.25, -0.2) is 8.42 Å². The maximum atomic E-state index is 13.7. The van der Waals surface area contributed by atoms with Gasteiger partial charge in [0.25, 0.3) is 5.91 Å². The zero-order valence-corrected chi connectivity index (χ0v) is 20.9. The van der Waals surface area contributed by atoms with E-state index in [-0.39, 0.29) is 16.8 Å². The number of carbonyl (C=O) groups excluding carboxylic acids is 1. The number of nitrogens with zero attached hydrogens (tertiary/aromatic N) is 2. The van der Waals surface area contributed by atoms with Crippen LogP contribution in [0.5, 0.6) is 17.2 Å². The van der Waals surface area contributed by atoms with Gasteiger partial charge in [-0.2, -0.15) is 4.31 Å². The van der Waals surface area contributed by atoms with E-state index in [4.69, 9.17) is 18.9 Å². The minimum absolute atomic E-state index is 0.151. The summed E-state index contributed by atoms with van der Waals surface area (Å²) in [7, 11) is 0.870. The molecule has 1 fully saturated rings. The number of carbonyl (C=O) groups is 1. The van der Waals surface area contributed by atoms with E-state index in [0.717, 1.165) is 16.8 Å². The van der Waals surface area contributed by atoms with E-state index in [1.165, 1.54) is 25.6 Å². The zero-order chi connectivity index (χ0) is 24.6. The quantitative estimate of drug-likeness (QED) is 0.614. The highest BCUT2D eigenvalue weighted by Crippen LogP contribution is 2.42. The molecule has 0 N–H and O–H groups in total. The Morgan fingerprint density at radius 2 is 1.62 bits per heavy atom. The standard InChI is InChI=1S/C24H30N2O7S/c1-15-10-19(34(28,29)25-6-8-33-9-7-25)12-17-11-16(2)26(22(15)17)24(27)18-13-20(30-3)23(32-5)21(14-18)31-4/h10,12-14,16H,6-9,11H2,1-5H3. The van der Waals surface area contributed by atoms with E-state index >= 15 is 0 Å². The van der Waals surface area contributed by atoms with Gasteiger partial charge in [0.2, 0.25) is 15.8 Å². The maximum Gasteiger partial charge on any atom is 0.258 e. The van der Waals surface area contributed by atoms with E-state index in [9.17, 15) is 13.2 Å². The van der Waals surface area contributed by atoms with Crippen molar-refractivity contribution in [2.75, 3.05) is 52.5 Å². The SMILES string of the molecule is COc1cc(C(=O)N2c3c(C)cc(S(=O)(=O)N4CCOCC4)cc3CC2C)cc(OC)c1OC. The summed E-state index contributed by atoms with van der Waals surface area (Å²) in [5.41, 5.74) is 2.69. The first-order chi connectivity index (χ1) is 16.2. The number of methoxy groups -OCH3 is 3. The lowest BCUT2D eigenvalue weighted by molar-refractivity contribution is 0.0730. The molecule has 0 spiro atoms. The number of benzene rings is 2. The number of hydrogen-bond donors (Lipinski definition) is 0. The summed E-state index contributed by atoms with van der Waals surface area (Å²) in [5.74, 6) is 0.963. The summed E-state index contributed by atoms with van der Waals surface area (Å²) in [6.07, 6.45) is 0.554. The highest BCUT2D eigenvalue weighted by molar-refractivity contribution is 7.89. The summed E-state index contributed by atoms with van der Waals surface area (Å²) < 4.78 is 49.3. The number of amides is 1. The molecule has 1 saturated heterocycles. The third-order valence-corrected chi connectivity index (χ3v) is 8.16. The summed E-state index contributed by atoms with van der Waals surface area (Å²) in [5, 5.41) is 0. The van der Waals surface area contributed by atoms with Gasteiger partial charge in [0.05, 0.1) is 45.1 Å². The van der Waals surface area contributed by atoms with Gasteiger partial charge in [-0.05, 0) is 55.7 Å². The molecule has 34 heavy (non-hydrogen) atoms. The van der Waals surface area contributed by atoms with E-state index < -0.39 is 10.0 Å². The maximum absolute atomic E-state index is 13.7. The molecule has 184 valence electrons. The van der Waals surface area contributed by atoms with Crippen molar-refractivity contribution in [2.45, 2.75) is 31.2 Å².